The molecule has 1 aromatic heterocycles. The lowest BCUT2D eigenvalue weighted by Crippen LogP contribution is -2.39. The molecule has 1 aliphatic carbocycles. The molecule has 6 heteroatoms. The third-order valence-electron chi connectivity index (χ3n) is 3.17. The third kappa shape index (κ3) is 3.44. The van der Waals surface area contributed by atoms with Gasteiger partial charge < -0.3 is 5.32 Å². The lowest BCUT2D eigenvalue weighted by Gasteiger charge is -2.19. The van der Waals surface area contributed by atoms with E-state index in [0.29, 0.717) is 6.54 Å². The van der Waals surface area contributed by atoms with Crippen molar-refractivity contribution in [2.45, 2.75) is 37.1 Å². The highest BCUT2D eigenvalue weighted by molar-refractivity contribution is 7.91. The molecule has 96 valence electrons. The van der Waals surface area contributed by atoms with E-state index in [-0.39, 0.29) is 11.3 Å². The van der Waals surface area contributed by atoms with Gasteiger partial charge in [-0.3, -0.25) is 0 Å². The van der Waals surface area contributed by atoms with E-state index in [1.165, 1.54) is 17.6 Å². The van der Waals surface area contributed by atoms with Gasteiger partial charge in [0.1, 0.15) is 0 Å². The van der Waals surface area contributed by atoms with Crippen molar-refractivity contribution >= 4 is 32.8 Å². The third-order valence-corrected chi connectivity index (χ3v) is 6.07. The molecule has 0 aliphatic heterocycles. The van der Waals surface area contributed by atoms with Gasteiger partial charge in [-0.05, 0) is 25.0 Å². The monoisotopic (exact) mass is 293 g/mol. The number of halogens is 1. The fourth-order valence-corrected chi connectivity index (χ4v) is 4.81. The van der Waals surface area contributed by atoms with E-state index in [2.05, 4.69) is 5.32 Å². The zero-order valence-electron chi connectivity index (χ0n) is 9.65. The Labute approximate surface area is 111 Å². The molecule has 0 aromatic carbocycles. The summed E-state index contributed by atoms with van der Waals surface area (Å²) in [7, 11) is -2.94. The van der Waals surface area contributed by atoms with Crippen LogP contribution in [0.2, 0.25) is 4.34 Å². The van der Waals surface area contributed by atoms with E-state index in [1.54, 1.807) is 0 Å². The summed E-state index contributed by atoms with van der Waals surface area (Å²) in [6.07, 6.45) is 4.04. The van der Waals surface area contributed by atoms with E-state index in [9.17, 15) is 8.42 Å². The number of nitrogens with one attached hydrogen (secondary N) is 1. The maximum atomic E-state index is 11.6. The molecule has 0 amide bonds. The number of thiophene rings is 1. The summed E-state index contributed by atoms with van der Waals surface area (Å²) >= 11 is 7.39. The van der Waals surface area contributed by atoms with Crippen LogP contribution in [0.1, 0.15) is 24.1 Å². The molecule has 17 heavy (non-hydrogen) atoms. The van der Waals surface area contributed by atoms with E-state index >= 15 is 0 Å². The Morgan fingerprint density at radius 3 is 2.82 bits per heavy atom. The zero-order chi connectivity index (χ0) is 12.5. The summed E-state index contributed by atoms with van der Waals surface area (Å²) in [4.78, 5) is 1.15. The van der Waals surface area contributed by atoms with Crippen LogP contribution in [0.3, 0.4) is 0 Å². The molecule has 2 rings (SSSR count). The standard InChI is InChI=1S/C11H16ClNO2S2/c1-17(14,15)10-4-2-3-9(10)13-7-8-5-6-11(12)16-8/h5-6,9-10,13H,2-4,7H2,1H3. The maximum absolute atomic E-state index is 11.6. The molecule has 1 saturated carbocycles. The molecule has 0 radical (unpaired) electrons. The maximum Gasteiger partial charge on any atom is 0.151 e. The van der Waals surface area contributed by atoms with Crippen LogP contribution in [-0.2, 0) is 16.4 Å². The molecule has 1 fully saturated rings. The highest BCUT2D eigenvalue weighted by atomic mass is 35.5. The Morgan fingerprint density at radius 2 is 2.24 bits per heavy atom. The van der Waals surface area contributed by atoms with Crippen LogP contribution < -0.4 is 5.32 Å². The number of hydrogen-bond donors (Lipinski definition) is 1. The van der Waals surface area contributed by atoms with Gasteiger partial charge in [0.05, 0.1) is 9.59 Å². The largest absolute Gasteiger partial charge is 0.308 e. The molecular formula is C11H16ClNO2S2. The smallest absolute Gasteiger partial charge is 0.151 e. The van der Waals surface area contributed by atoms with Crippen LogP contribution in [0.5, 0.6) is 0 Å². The molecule has 1 N–H and O–H groups in total. The minimum atomic E-state index is -2.94. The summed E-state index contributed by atoms with van der Waals surface area (Å²) in [5.74, 6) is 0. The number of rotatable bonds is 4. The molecule has 2 unspecified atom stereocenters. The van der Waals surface area contributed by atoms with E-state index < -0.39 is 9.84 Å². The van der Waals surface area contributed by atoms with Crippen LogP contribution in [0.15, 0.2) is 12.1 Å². The minimum Gasteiger partial charge on any atom is -0.308 e. The molecule has 0 spiro atoms. The van der Waals surface area contributed by atoms with E-state index in [4.69, 9.17) is 11.6 Å². The lowest BCUT2D eigenvalue weighted by atomic mass is 10.2. The predicted octanol–water partition coefficient (Wildman–Crippen LogP) is 2.46. The molecule has 1 aromatic rings. The normalized spacial score (nSPS) is 25.3. The van der Waals surface area contributed by atoms with Crippen LogP contribution in [-0.4, -0.2) is 26.0 Å². The summed E-state index contributed by atoms with van der Waals surface area (Å²) in [6.45, 7) is 0.702. The summed E-state index contributed by atoms with van der Waals surface area (Å²) in [5, 5.41) is 3.12. The molecule has 2 atom stereocenters. The molecule has 1 heterocycles. The van der Waals surface area contributed by atoms with Gasteiger partial charge in [0, 0.05) is 23.7 Å². The van der Waals surface area contributed by atoms with Gasteiger partial charge in [0.15, 0.2) is 9.84 Å². The number of hydrogen-bond acceptors (Lipinski definition) is 4. The van der Waals surface area contributed by atoms with Gasteiger partial charge in [-0.25, -0.2) is 8.42 Å². The quantitative estimate of drug-likeness (QED) is 0.927. The first kappa shape index (κ1) is 13.3. The average molecular weight is 294 g/mol. The second kappa shape index (κ2) is 5.26. The molecule has 3 nitrogen and oxygen atoms in total. The lowest BCUT2D eigenvalue weighted by molar-refractivity contribution is 0.509. The van der Waals surface area contributed by atoms with Gasteiger partial charge in [0.25, 0.3) is 0 Å². The van der Waals surface area contributed by atoms with Crippen molar-refractivity contribution in [2.75, 3.05) is 6.26 Å². The second-order valence-electron chi connectivity index (χ2n) is 4.49. The molecule has 1 aliphatic rings. The SMILES string of the molecule is CS(=O)(=O)C1CCCC1NCc1ccc(Cl)s1. The van der Waals surface area contributed by atoms with Crippen molar-refractivity contribution in [3.8, 4) is 0 Å². The summed E-state index contributed by atoms with van der Waals surface area (Å²) in [5.41, 5.74) is 0. The summed E-state index contributed by atoms with van der Waals surface area (Å²) in [6, 6.07) is 3.93. The first-order valence-corrected chi connectivity index (χ1v) is 8.78. The average Bonchev–Trinajstić information content (AvgIpc) is 2.81. The first-order valence-electron chi connectivity index (χ1n) is 5.63. The van der Waals surface area contributed by atoms with Crippen molar-refractivity contribution in [3.05, 3.63) is 21.3 Å². The Bertz CT molecular complexity index is 483. The van der Waals surface area contributed by atoms with Crippen molar-refractivity contribution in [2.24, 2.45) is 0 Å². The van der Waals surface area contributed by atoms with Gasteiger partial charge in [-0.15, -0.1) is 11.3 Å². The molecule has 0 bridgehead atoms. The van der Waals surface area contributed by atoms with Crippen LogP contribution in [0.25, 0.3) is 0 Å². The van der Waals surface area contributed by atoms with Gasteiger partial charge in [-0.2, -0.15) is 0 Å². The Balaban J connectivity index is 1.95. The Morgan fingerprint density at radius 1 is 1.47 bits per heavy atom. The fourth-order valence-electron chi connectivity index (χ4n) is 2.35. The highest BCUT2D eigenvalue weighted by Crippen LogP contribution is 2.26. The Hall–Kier alpha value is -0.100. The first-order chi connectivity index (χ1) is 7.97. The van der Waals surface area contributed by atoms with E-state index in [0.717, 1.165) is 28.5 Å². The zero-order valence-corrected chi connectivity index (χ0v) is 12.0. The number of sulfone groups is 1. The van der Waals surface area contributed by atoms with Crippen molar-refractivity contribution in [3.63, 3.8) is 0 Å². The van der Waals surface area contributed by atoms with Crippen LogP contribution in [0.4, 0.5) is 0 Å². The van der Waals surface area contributed by atoms with Crippen molar-refractivity contribution in [1.82, 2.24) is 5.32 Å². The fraction of sp³-hybridized carbons (Fsp3) is 0.636. The van der Waals surface area contributed by atoms with Gasteiger partial charge >= 0.3 is 0 Å². The van der Waals surface area contributed by atoms with Crippen molar-refractivity contribution in [1.29, 1.82) is 0 Å². The van der Waals surface area contributed by atoms with E-state index in [1.807, 2.05) is 12.1 Å². The van der Waals surface area contributed by atoms with Crippen LogP contribution >= 0.6 is 22.9 Å². The van der Waals surface area contributed by atoms with Crippen LogP contribution in [0, 0.1) is 0 Å². The minimum absolute atomic E-state index is 0.0888. The second-order valence-corrected chi connectivity index (χ2v) is 8.56. The molecule has 0 saturated heterocycles. The predicted molar refractivity (Wildman–Crippen MR) is 72.4 cm³/mol. The summed E-state index contributed by atoms with van der Waals surface area (Å²) < 4.78 is 24.0. The van der Waals surface area contributed by atoms with Crippen molar-refractivity contribution < 1.29 is 8.42 Å². The highest BCUT2D eigenvalue weighted by Gasteiger charge is 2.34. The topological polar surface area (TPSA) is 46.2 Å². The molecular weight excluding hydrogens is 278 g/mol. The van der Waals surface area contributed by atoms with Gasteiger partial charge in [-0.1, -0.05) is 18.0 Å². The van der Waals surface area contributed by atoms with Gasteiger partial charge in [0.2, 0.25) is 0 Å². The Kier molecular flexibility index (Phi) is 4.13.